The minimum Gasteiger partial charge on any atom is -0.490 e. The summed E-state index contributed by atoms with van der Waals surface area (Å²) in [5.74, 6) is -1.86. The number of benzene rings is 1. The molecule has 0 radical (unpaired) electrons. The molecular formula is C31H30F2N6O3S. The van der Waals surface area contributed by atoms with E-state index < -0.39 is 11.6 Å². The number of nitrogens with zero attached hydrogens (tertiary/aromatic N) is 6. The first-order valence-electron chi connectivity index (χ1n) is 13.9. The number of aliphatic hydroxyl groups excluding tert-OH is 1. The number of aromatic nitrogens is 5. The fraction of sp³-hybridized carbons (Fsp3) is 0.290. The lowest BCUT2D eigenvalue weighted by Gasteiger charge is -2.33. The molecule has 0 saturated carbocycles. The first-order valence-corrected chi connectivity index (χ1v) is 14.8. The second-order valence-corrected chi connectivity index (χ2v) is 11.5. The molecule has 5 aromatic rings. The molecular weight excluding hydrogens is 574 g/mol. The highest BCUT2D eigenvalue weighted by Gasteiger charge is 2.31. The molecule has 0 unspecified atom stereocenters. The van der Waals surface area contributed by atoms with Gasteiger partial charge in [0.1, 0.15) is 35.4 Å². The van der Waals surface area contributed by atoms with Crippen LogP contribution in [0.3, 0.4) is 0 Å². The molecule has 0 spiro atoms. The number of fused-ring (bicyclic) bond motifs is 2. The van der Waals surface area contributed by atoms with Gasteiger partial charge in [-0.05, 0) is 44.4 Å². The molecule has 1 aliphatic heterocycles. The molecule has 222 valence electrons. The summed E-state index contributed by atoms with van der Waals surface area (Å²) in [4.78, 5) is 19.3. The van der Waals surface area contributed by atoms with Crippen LogP contribution in [0.15, 0.2) is 54.7 Å². The Bertz CT molecular complexity index is 1860. The molecule has 1 amide bonds. The topological polar surface area (TPSA) is 98.3 Å². The SMILES string of the molecule is C=CC(=O)N1CCn2nc(-c3nc(-c4cnn(C(C)C)c4)c4ccsc4c3-c3c(F)cc(F)cc3OCCO)cc2[C@@H]1C. The zero-order valence-corrected chi connectivity index (χ0v) is 24.7. The number of amides is 1. The van der Waals surface area contributed by atoms with Crippen molar-refractivity contribution in [1.29, 1.82) is 0 Å². The van der Waals surface area contributed by atoms with Crippen molar-refractivity contribution in [3.63, 3.8) is 0 Å². The largest absolute Gasteiger partial charge is 0.490 e. The van der Waals surface area contributed by atoms with E-state index in [9.17, 15) is 14.3 Å². The Kier molecular flexibility index (Phi) is 7.57. The van der Waals surface area contributed by atoms with Gasteiger partial charge in [0.15, 0.2) is 0 Å². The van der Waals surface area contributed by atoms with Crippen LogP contribution in [-0.4, -0.2) is 60.2 Å². The summed E-state index contributed by atoms with van der Waals surface area (Å²) in [6, 6.07) is 5.53. The standard InChI is InChI=1S/C31H30F2N6O3S/c1-5-26(41)37-7-8-38-24(18(37)4)14-23(36-38)30-28(27-22(33)12-20(32)13-25(27)42-10-9-40)31-21(6-11-43-31)29(35-30)19-15-34-39(16-19)17(2)3/h5-6,11-18,40H,1,7-10H2,2-4H3/t18-/m0/s1. The van der Waals surface area contributed by atoms with Crippen LogP contribution >= 0.6 is 11.3 Å². The Morgan fingerprint density at radius 1 is 1.23 bits per heavy atom. The Hall–Kier alpha value is -4.42. The number of ether oxygens (including phenoxy) is 1. The minimum absolute atomic E-state index is 0.0247. The predicted molar refractivity (Wildman–Crippen MR) is 161 cm³/mol. The van der Waals surface area contributed by atoms with Gasteiger partial charge < -0.3 is 14.7 Å². The number of aliphatic hydroxyl groups is 1. The van der Waals surface area contributed by atoms with Crippen LogP contribution < -0.4 is 4.74 Å². The van der Waals surface area contributed by atoms with Crippen LogP contribution in [-0.2, 0) is 11.3 Å². The van der Waals surface area contributed by atoms with Crippen LogP contribution in [0.5, 0.6) is 5.75 Å². The molecule has 0 aliphatic carbocycles. The number of thiophene rings is 1. The third-order valence-electron chi connectivity index (χ3n) is 7.59. The summed E-state index contributed by atoms with van der Waals surface area (Å²) in [6.45, 7) is 10.0. The molecule has 1 aromatic carbocycles. The number of carbonyl (C=O) groups excluding carboxylic acids is 1. The van der Waals surface area contributed by atoms with Gasteiger partial charge in [-0.1, -0.05) is 6.58 Å². The van der Waals surface area contributed by atoms with Crippen LogP contribution in [0.1, 0.15) is 38.5 Å². The zero-order chi connectivity index (χ0) is 30.4. The maximum atomic E-state index is 15.8. The fourth-order valence-corrected chi connectivity index (χ4v) is 6.45. The molecule has 6 rings (SSSR count). The van der Waals surface area contributed by atoms with Crippen molar-refractivity contribution >= 4 is 27.3 Å². The second kappa shape index (κ2) is 11.3. The summed E-state index contributed by atoms with van der Waals surface area (Å²) >= 11 is 1.40. The zero-order valence-electron chi connectivity index (χ0n) is 23.9. The van der Waals surface area contributed by atoms with Crippen LogP contribution in [0.4, 0.5) is 8.78 Å². The molecule has 1 atom stereocenters. The molecule has 1 N–H and O–H groups in total. The van der Waals surface area contributed by atoms with E-state index in [0.717, 1.165) is 28.8 Å². The van der Waals surface area contributed by atoms with Crippen molar-refractivity contribution in [3.05, 3.63) is 72.0 Å². The number of carbonyl (C=O) groups is 1. The van der Waals surface area contributed by atoms with E-state index in [0.29, 0.717) is 40.4 Å². The normalized spacial score (nSPS) is 14.9. The van der Waals surface area contributed by atoms with Gasteiger partial charge >= 0.3 is 0 Å². The van der Waals surface area contributed by atoms with E-state index >= 15 is 4.39 Å². The number of halogens is 2. The van der Waals surface area contributed by atoms with E-state index in [1.54, 1.807) is 11.1 Å². The molecule has 4 aromatic heterocycles. The Morgan fingerprint density at radius 3 is 2.77 bits per heavy atom. The van der Waals surface area contributed by atoms with E-state index in [1.807, 2.05) is 53.8 Å². The lowest BCUT2D eigenvalue weighted by molar-refractivity contribution is -0.129. The van der Waals surface area contributed by atoms with Gasteiger partial charge in [-0.3, -0.25) is 14.2 Å². The molecule has 0 fully saturated rings. The van der Waals surface area contributed by atoms with Gasteiger partial charge in [0, 0.05) is 52.1 Å². The summed E-state index contributed by atoms with van der Waals surface area (Å²) < 4.78 is 40.3. The van der Waals surface area contributed by atoms with E-state index in [1.165, 1.54) is 17.4 Å². The summed E-state index contributed by atoms with van der Waals surface area (Å²) in [5.41, 5.74) is 3.48. The Morgan fingerprint density at radius 2 is 2.05 bits per heavy atom. The van der Waals surface area contributed by atoms with Crippen LogP contribution in [0.2, 0.25) is 0 Å². The molecule has 5 heterocycles. The number of pyridine rings is 1. The van der Waals surface area contributed by atoms with E-state index in [-0.39, 0.29) is 42.5 Å². The highest BCUT2D eigenvalue weighted by atomic mass is 32.1. The van der Waals surface area contributed by atoms with Gasteiger partial charge in [0.2, 0.25) is 5.91 Å². The third-order valence-corrected chi connectivity index (χ3v) is 8.52. The van der Waals surface area contributed by atoms with Crippen molar-refractivity contribution in [2.45, 2.75) is 39.4 Å². The molecule has 9 nitrogen and oxygen atoms in total. The van der Waals surface area contributed by atoms with Gasteiger partial charge in [-0.15, -0.1) is 11.3 Å². The van der Waals surface area contributed by atoms with Crippen molar-refractivity contribution in [3.8, 4) is 39.5 Å². The highest BCUT2D eigenvalue weighted by Crippen LogP contribution is 2.47. The smallest absolute Gasteiger partial charge is 0.246 e. The Balaban J connectivity index is 1.64. The lowest BCUT2D eigenvalue weighted by Crippen LogP contribution is -2.40. The number of hydrogen-bond acceptors (Lipinski definition) is 7. The average molecular weight is 605 g/mol. The molecule has 0 saturated heterocycles. The monoisotopic (exact) mass is 604 g/mol. The lowest BCUT2D eigenvalue weighted by atomic mass is 9.97. The molecule has 1 aliphatic rings. The highest BCUT2D eigenvalue weighted by molar-refractivity contribution is 7.18. The van der Waals surface area contributed by atoms with Crippen molar-refractivity contribution in [2.24, 2.45) is 0 Å². The van der Waals surface area contributed by atoms with Crippen LogP contribution in [0.25, 0.3) is 43.9 Å². The molecule has 12 heteroatoms. The van der Waals surface area contributed by atoms with Crippen molar-refractivity contribution in [2.75, 3.05) is 19.8 Å². The second-order valence-electron chi connectivity index (χ2n) is 10.6. The summed E-state index contributed by atoms with van der Waals surface area (Å²) in [7, 11) is 0. The fourth-order valence-electron chi connectivity index (χ4n) is 5.50. The molecule has 43 heavy (non-hydrogen) atoms. The summed E-state index contributed by atoms with van der Waals surface area (Å²) in [6.07, 6.45) is 4.96. The van der Waals surface area contributed by atoms with Gasteiger partial charge in [-0.25, -0.2) is 13.8 Å². The Labute approximate surface area is 250 Å². The maximum absolute atomic E-state index is 15.8. The number of rotatable bonds is 8. The van der Waals surface area contributed by atoms with Gasteiger partial charge in [0.25, 0.3) is 0 Å². The molecule has 0 bridgehead atoms. The van der Waals surface area contributed by atoms with Crippen LogP contribution in [0, 0.1) is 11.6 Å². The van der Waals surface area contributed by atoms with E-state index in [4.69, 9.17) is 14.8 Å². The summed E-state index contributed by atoms with van der Waals surface area (Å²) in [5, 5.41) is 21.5. The van der Waals surface area contributed by atoms with Gasteiger partial charge in [-0.2, -0.15) is 10.2 Å². The quantitative estimate of drug-likeness (QED) is 0.218. The van der Waals surface area contributed by atoms with Crippen molar-refractivity contribution in [1.82, 2.24) is 29.4 Å². The minimum atomic E-state index is -0.828. The van der Waals surface area contributed by atoms with Crippen molar-refractivity contribution < 1.29 is 23.4 Å². The maximum Gasteiger partial charge on any atom is 0.246 e. The number of hydrogen-bond donors (Lipinski definition) is 1. The first-order chi connectivity index (χ1) is 20.7. The first kappa shape index (κ1) is 28.7. The average Bonchev–Trinajstić information content (AvgIpc) is 3.75. The predicted octanol–water partition coefficient (Wildman–Crippen LogP) is 6.01. The third kappa shape index (κ3) is 5.00. The van der Waals surface area contributed by atoms with E-state index in [2.05, 4.69) is 11.7 Å². The van der Waals surface area contributed by atoms with Gasteiger partial charge in [0.05, 0.1) is 42.3 Å².